The molecule has 0 atom stereocenters. The molecule has 0 saturated heterocycles. The first-order valence-electron chi connectivity index (χ1n) is 7.21. The Labute approximate surface area is 134 Å². The number of rotatable bonds is 5. The van der Waals surface area contributed by atoms with Crippen LogP contribution in [0.15, 0.2) is 42.6 Å². The monoisotopic (exact) mass is 316 g/mol. The van der Waals surface area contributed by atoms with Gasteiger partial charge in [0.25, 0.3) is 0 Å². The van der Waals surface area contributed by atoms with Gasteiger partial charge in [0.05, 0.1) is 11.9 Å². The smallest absolute Gasteiger partial charge is 0.320 e. The van der Waals surface area contributed by atoms with E-state index in [1.807, 2.05) is 30.3 Å². The van der Waals surface area contributed by atoms with Gasteiger partial charge in [-0.15, -0.1) is 0 Å². The number of amides is 2. The Morgan fingerprint density at radius 1 is 1.23 bits per heavy atom. The topological polar surface area (TPSA) is 66.0 Å². The van der Waals surface area contributed by atoms with Gasteiger partial charge in [-0.3, -0.25) is 5.32 Å². The van der Waals surface area contributed by atoms with Gasteiger partial charge in [-0.1, -0.05) is 29.8 Å². The van der Waals surface area contributed by atoms with E-state index in [9.17, 15) is 4.79 Å². The van der Waals surface area contributed by atoms with Crippen molar-refractivity contribution < 1.29 is 4.79 Å². The van der Waals surface area contributed by atoms with Crippen LogP contribution in [0.2, 0.25) is 5.02 Å². The fourth-order valence-corrected chi connectivity index (χ4v) is 2.18. The van der Waals surface area contributed by atoms with Crippen molar-refractivity contribution in [1.82, 2.24) is 10.3 Å². The molecule has 1 saturated carbocycles. The van der Waals surface area contributed by atoms with Crippen LogP contribution >= 0.6 is 11.6 Å². The standard InChI is InChI=1S/C16H17ClN4O/c17-14-4-2-1-3-11(14)9-18-13-7-8-15(19-10-13)21-16(22)20-12-5-6-12/h1-4,7-8,10,12,18H,5-6,9H2,(H2,19,20,21,22). The molecule has 114 valence electrons. The van der Waals surface area contributed by atoms with Crippen LogP contribution in [0.4, 0.5) is 16.3 Å². The minimum atomic E-state index is -0.202. The summed E-state index contributed by atoms with van der Waals surface area (Å²) in [6.07, 6.45) is 3.81. The highest BCUT2D eigenvalue weighted by atomic mass is 35.5. The van der Waals surface area contributed by atoms with E-state index in [4.69, 9.17) is 11.6 Å². The summed E-state index contributed by atoms with van der Waals surface area (Å²) in [5.41, 5.74) is 1.89. The number of hydrogen-bond donors (Lipinski definition) is 3. The van der Waals surface area contributed by atoms with Crippen LogP contribution in [-0.2, 0) is 6.54 Å². The fourth-order valence-electron chi connectivity index (χ4n) is 1.98. The summed E-state index contributed by atoms with van der Waals surface area (Å²) in [5, 5.41) is 9.55. The van der Waals surface area contributed by atoms with Crippen LogP contribution < -0.4 is 16.0 Å². The van der Waals surface area contributed by atoms with Crippen LogP contribution in [0.25, 0.3) is 0 Å². The average molecular weight is 317 g/mol. The highest BCUT2D eigenvalue weighted by molar-refractivity contribution is 6.31. The van der Waals surface area contributed by atoms with Gasteiger partial charge >= 0.3 is 6.03 Å². The molecule has 22 heavy (non-hydrogen) atoms. The maximum Gasteiger partial charge on any atom is 0.320 e. The van der Waals surface area contributed by atoms with Gasteiger partial charge in [0.2, 0.25) is 0 Å². The maximum absolute atomic E-state index is 11.6. The van der Waals surface area contributed by atoms with E-state index in [-0.39, 0.29) is 6.03 Å². The van der Waals surface area contributed by atoms with Gasteiger partial charge in [-0.2, -0.15) is 0 Å². The van der Waals surface area contributed by atoms with Gasteiger partial charge in [-0.05, 0) is 36.6 Å². The Kier molecular flexibility index (Phi) is 4.44. The molecule has 2 aromatic rings. The molecule has 1 fully saturated rings. The number of halogens is 1. The molecule has 5 nitrogen and oxygen atoms in total. The second kappa shape index (κ2) is 6.66. The third-order valence-corrected chi connectivity index (χ3v) is 3.73. The van der Waals surface area contributed by atoms with Crippen molar-refractivity contribution in [2.75, 3.05) is 10.6 Å². The normalized spacial score (nSPS) is 13.5. The van der Waals surface area contributed by atoms with E-state index >= 15 is 0 Å². The van der Waals surface area contributed by atoms with Crippen molar-refractivity contribution in [2.45, 2.75) is 25.4 Å². The predicted octanol–water partition coefficient (Wildman–Crippen LogP) is 3.63. The summed E-state index contributed by atoms with van der Waals surface area (Å²) >= 11 is 6.11. The third kappa shape index (κ3) is 4.11. The van der Waals surface area contributed by atoms with E-state index in [0.717, 1.165) is 29.1 Å². The Balaban J connectivity index is 1.52. The quantitative estimate of drug-likeness (QED) is 0.789. The number of hydrogen-bond acceptors (Lipinski definition) is 3. The molecule has 0 bridgehead atoms. The van der Waals surface area contributed by atoms with Crippen LogP contribution in [0.1, 0.15) is 18.4 Å². The Morgan fingerprint density at radius 2 is 2.05 bits per heavy atom. The molecule has 0 aliphatic heterocycles. The molecule has 1 aromatic heterocycles. The number of benzene rings is 1. The number of anilines is 2. The van der Waals surface area contributed by atoms with Crippen LogP contribution in [0, 0.1) is 0 Å². The first-order valence-corrected chi connectivity index (χ1v) is 7.59. The van der Waals surface area contributed by atoms with E-state index < -0.39 is 0 Å². The van der Waals surface area contributed by atoms with Crippen molar-refractivity contribution >= 4 is 29.1 Å². The Hall–Kier alpha value is -2.27. The average Bonchev–Trinajstić information content (AvgIpc) is 3.32. The number of nitrogens with one attached hydrogen (secondary N) is 3. The number of pyridine rings is 1. The van der Waals surface area contributed by atoms with Gasteiger partial charge in [0.15, 0.2) is 0 Å². The summed E-state index contributed by atoms with van der Waals surface area (Å²) in [6, 6.07) is 11.5. The minimum absolute atomic E-state index is 0.202. The van der Waals surface area contributed by atoms with Crippen molar-refractivity contribution in [2.24, 2.45) is 0 Å². The summed E-state index contributed by atoms with van der Waals surface area (Å²) in [4.78, 5) is 15.8. The maximum atomic E-state index is 11.6. The molecule has 1 aliphatic rings. The summed E-state index contributed by atoms with van der Waals surface area (Å²) < 4.78 is 0. The van der Waals surface area contributed by atoms with Crippen LogP contribution in [0.3, 0.4) is 0 Å². The first kappa shape index (κ1) is 14.7. The molecule has 0 spiro atoms. The molecule has 3 rings (SSSR count). The molecule has 2 amide bonds. The second-order valence-electron chi connectivity index (χ2n) is 5.25. The van der Waals surface area contributed by atoms with Crippen molar-refractivity contribution in [3.05, 3.63) is 53.2 Å². The lowest BCUT2D eigenvalue weighted by atomic mass is 10.2. The van der Waals surface area contributed by atoms with E-state index in [1.54, 1.807) is 12.3 Å². The number of carbonyl (C=O) groups excluding carboxylic acids is 1. The molecule has 0 unspecified atom stereocenters. The lowest BCUT2D eigenvalue weighted by molar-refractivity contribution is 0.251. The van der Waals surface area contributed by atoms with Gasteiger partial charge < -0.3 is 10.6 Å². The van der Waals surface area contributed by atoms with Crippen molar-refractivity contribution in [1.29, 1.82) is 0 Å². The predicted molar refractivity (Wildman–Crippen MR) is 88.2 cm³/mol. The molecule has 1 heterocycles. The zero-order valence-electron chi connectivity index (χ0n) is 12.0. The number of urea groups is 1. The molecule has 6 heteroatoms. The van der Waals surface area contributed by atoms with E-state index in [0.29, 0.717) is 18.4 Å². The fraction of sp³-hybridized carbons (Fsp3) is 0.250. The van der Waals surface area contributed by atoms with Gasteiger partial charge in [0, 0.05) is 17.6 Å². The zero-order valence-corrected chi connectivity index (χ0v) is 12.7. The highest BCUT2D eigenvalue weighted by Gasteiger charge is 2.23. The number of carbonyl (C=O) groups is 1. The summed E-state index contributed by atoms with van der Waals surface area (Å²) in [6.45, 7) is 0.621. The van der Waals surface area contributed by atoms with Crippen LogP contribution in [-0.4, -0.2) is 17.1 Å². The van der Waals surface area contributed by atoms with Gasteiger partial charge in [0.1, 0.15) is 5.82 Å². The van der Waals surface area contributed by atoms with E-state index in [2.05, 4.69) is 20.9 Å². The van der Waals surface area contributed by atoms with E-state index in [1.165, 1.54) is 0 Å². The molecule has 3 N–H and O–H groups in total. The molecular weight excluding hydrogens is 300 g/mol. The van der Waals surface area contributed by atoms with Crippen LogP contribution in [0.5, 0.6) is 0 Å². The Bertz CT molecular complexity index is 655. The molecule has 1 aromatic carbocycles. The Morgan fingerprint density at radius 3 is 2.73 bits per heavy atom. The van der Waals surface area contributed by atoms with Crippen molar-refractivity contribution in [3.63, 3.8) is 0 Å². The highest BCUT2D eigenvalue weighted by Crippen LogP contribution is 2.19. The lowest BCUT2D eigenvalue weighted by Crippen LogP contribution is -2.30. The summed E-state index contributed by atoms with van der Waals surface area (Å²) in [5.74, 6) is 0.529. The minimum Gasteiger partial charge on any atom is -0.380 e. The zero-order chi connectivity index (χ0) is 15.4. The SMILES string of the molecule is O=C(Nc1ccc(NCc2ccccc2Cl)cn1)NC1CC1. The number of aromatic nitrogens is 1. The van der Waals surface area contributed by atoms with Crippen molar-refractivity contribution in [3.8, 4) is 0 Å². The third-order valence-electron chi connectivity index (χ3n) is 3.36. The largest absolute Gasteiger partial charge is 0.380 e. The molecule has 0 radical (unpaired) electrons. The number of nitrogens with zero attached hydrogens (tertiary/aromatic N) is 1. The summed E-state index contributed by atoms with van der Waals surface area (Å²) in [7, 11) is 0. The first-order chi connectivity index (χ1) is 10.7. The second-order valence-corrected chi connectivity index (χ2v) is 5.66. The van der Waals surface area contributed by atoms with Gasteiger partial charge in [-0.25, -0.2) is 9.78 Å². The lowest BCUT2D eigenvalue weighted by Gasteiger charge is -2.09. The molecule has 1 aliphatic carbocycles. The molecular formula is C16H17ClN4O.